The molecule has 1 saturated heterocycles. The lowest BCUT2D eigenvalue weighted by Gasteiger charge is -2.36. The van der Waals surface area contributed by atoms with Crippen molar-refractivity contribution in [1.82, 2.24) is 31.1 Å². The Labute approximate surface area is 460 Å². The van der Waals surface area contributed by atoms with Crippen LogP contribution in [0.3, 0.4) is 0 Å². The van der Waals surface area contributed by atoms with Crippen LogP contribution in [0.1, 0.15) is 98.9 Å². The summed E-state index contributed by atoms with van der Waals surface area (Å²) < 4.78 is 17.5. The molecule has 7 rings (SSSR count). The van der Waals surface area contributed by atoms with E-state index in [1.54, 1.807) is 43.0 Å². The molecular weight excluding hydrogens is 985 g/mol. The fourth-order valence-electron chi connectivity index (χ4n) is 10.5. The summed E-state index contributed by atoms with van der Waals surface area (Å²) in [6.07, 6.45) is 6.51. The van der Waals surface area contributed by atoms with Crippen molar-refractivity contribution in [3.63, 3.8) is 0 Å². The molecule has 15 nitrogen and oxygen atoms in total. The van der Waals surface area contributed by atoms with Crippen LogP contribution in [0.5, 0.6) is 11.5 Å². The molecule has 0 aromatic heterocycles. The number of phenolic OH excluding ortho intramolecular Hbond substituents is 1. The Balaban J connectivity index is 0.892. The van der Waals surface area contributed by atoms with Crippen molar-refractivity contribution < 1.29 is 43.3 Å². The number of nitrogens with zero attached hydrogens (tertiary/aromatic N) is 2. The number of hydrogen-bond donors (Lipinski definition) is 5. The highest BCUT2D eigenvalue weighted by Gasteiger charge is 2.43. The standard InChI is InChI=1S/C63H78N6O9/c1-5-53(45-19-10-6-11-20-45)56(48-28-32-51(70)33-29-48)49-30-34-52(35-31-49)78-40-38-68(4)55(71)43-77-42-41-76-39-36-65-62(74)59(57(46-21-12-7-13-22-46)47-23-14-8-15-24-47)67-61(73)54-27-18-37-69(54)63(75)58(50-25-16-9-17-26-50)66-60(72)44(2)64-3/h6-8,10-15,19-24,28-35,44,50,54,57-59,64,70H,5,9,16-18,25-27,36-43H2,1-4H3,(H,65,74)(H,66,72)(H,67,73). The SMILES string of the molecule is CCC(=C(c1ccc(O)cc1)c1ccc(OCCN(C)C(=O)COCCOCCNC(=O)C(NC(=O)C2CCCN2C(=O)C(NC(=O)C(C)NC)C2CCCCC2)C(c2ccccc2)c2ccccc2)cc1)c1ccccc1. The molecule has 0 radical (unpaired) electrons. The molecule has 414 valence electrons. The molecule has 1 aliphatic heterocycles. The minimum Gasteiger partial charge on any atom is -0.508 e. The van der Waals surface area contributed by atoms with Crippen LogP contribution in [0.4, 0.5) is 0 Å². The first kappa shape index (κ1) is 58.4. The van der Waals surface area contributed by atoms with E-state index in [4.69, 9.17) is 14.2 Å². The number of ether oxygens (including phenoxy) is 3. The molecule has 5 aromatic rings. The molecule has 5 amide bonds. The number of carbonyl (C=O) groups is 5. The minimum absolute atomic E-state index is 0.0354. The first-order valence-electron chi connectivity index (χ1n) is 27.6. The number of allylic oxidation sites excluding steroid dienone is 1. The summed E-state index contributed by atoms with van der Waals surface area (Å²) >= 11 is 0. The second kappa shape index (κ2) is 30.0. The number of rotatable bonds is 27. The fraction of sp³-hybridized carbons (Fsp3) is 0.413. The Kier molecular flexibility index (Phi) is 22.4. The third kappa shape index (κ3) is 16.1. The molecule has 0 bridgehead atoms. The van der Waals surface area contributed by atoms with Crippen molar-refractivity contribution in [2.24, 2.45) is 5.92 Å². The van der Waals surface area contributed by atoms with Crippen LogP contribution >= 0.6 is 0 Å². The summed E-state index contributed by atoms with van der Waals surface area (Å²) in [4.78, 5) is 72.8. The summed E-state index contributed by atoms with van der Waals surface area (Å²) in [5, 5.41) is 22.1. The van der Waals surface area contributed by atoms with Gasteiger partial charge in [-0.3, -0.25) is 24.0 Å². The van der Waals surface area contributed by atoms with E-state index in [2.05, 4.69) is 40.3 Å². The summed E-state index contributed by atoms with van der Waals surface area (Å²) in [7, 11) is 3.40. The van der Waals surface area contributed by atoms with E-state index in [0.29, 0.717) is 31.7 Å². The molecule has 78 heavy (non-hydrogen) atoms. The summed E-state index contributed by atoms with van der Waals surface area (Å²) in [6.45, 7) is 5.36. The summed E-state index contributed by atoms with van der Waals surface area (Å²) in [6, 6.07) is 41.4. The number of phenols is 1. The van der Waals surface area contributed by atoms with E-state index >= 15 is 0 Å². The van der Waals surface area contributed by atoms with E-state index in [-0.39, 0.29) is 69.0 Å². The van der Waals surface area contributed by atoms with Crippen LogP contribution in [0, 0.1) is 5.92 Å². The molecule has 1 heterocycles. The third-order valence-electron chi connectivity index (χ3n) is 14.9. The number of carbonyl (C=O) groups excluding carboxylic acids is 5. The monoisotopic (exact) mass is 1060 g/mol. The molecule has 4 atom stereocenters. The Morgan fingerprint density at radius 3 is 1.90 bits per heavy atom. The maximum absolute atomic E-state index is 14.6. The van der Waals surface area contributed by atoms with Gasteiger partial charge in [-0.2, -0.15) is 0 Å². The first-order valence-corrected chi connectivity index (χ1v) is 27.6. The zero-order valence-corrected chi connectivity index (χ0v) is 45.7. The van der Waals surface area contributed by atoms with Gasteiger partial charge in [-0.1, -0.05) is 141 Å². The molecule has 2 aliphatic rings. The number of likely N-dealkylation sites (N-methyl/N-ethyl adjacent to an activating group) is 2. The third-order valence-corrected chi connectivity index (χ3v) is 14.9. The predicted octanol–water partition coefficient (Wildman–Crippen LogP) is 7.73. The van der Waals surface area contributed by atoms with Crippen molar-refractivity contribution in [1.29, 1.82) is 0 Å². The van der Waals surface area contributed by atoms with E-state index in [9.17, 15) is 29.1 Å². The van der Waals surface area contributed by atoms with Gasteiger partial charge in [0.05, 0.1) is 32.4 Å². The summed E-state index contributed by atoms with van der Waals surface area (Å²) in [5.41, 5.74) is 7.06. The molecule has 5 N–H and O–H groups in total. The highest BCUT2D eigenvalue weighted by atomic mass is 16.5. The number of benzene rings is 5. The molecular formula is C63H78N6O9. The first-order chi connectivity index (χ1) is 38.0. The van der Waals surface area contributed by atoms with Gasteiger partial charge >= 0.3 is 0 Å². The van der Waals surface area contributed by atoms with Gasteiger partial charge in [0.1, 0.15) is 42.8 Å². The van der Waals surface area contributed by atoms with Crippen molar-refractivity contribution in [3.8, 4) is 11.5 Å². The zero-order valence-electron chi connectivity index (χ0n) is 45.7. The van der Waals surface area contributed by atoms with Crippen LogP contribution in [-0.2, 0) is 33.4 Å². The van der Waals surface area contributed by atoms with Crippen LogP contribution in [-0.4, -0.2) is 135 Å². The van der Waals surface area contributed by atoms with Gasteiger partial charge in [-0.25, -0.2) is 0 Å². The van der Waals surface area contributed by atoms with Crippen LogP contribution in [0.2, 0.25) is 0 Å². The van der Waals surface area contributed by atoms with Crippen molar-refractivity contribution >= 4 is 40.7 Å². The molecule has 0 spiro atoms. The van der Waals surface area contributed by atoms with Crippen LogP contribution in [0.15, 0.2) is 140 Å². The predicted molar refractivity (Wildman–Crippen MR) is 303 cm³/mol. The van der Waals surface area contributed by atoms with Gasteiger partial charge in [0.25, 0.3) is 0 Å². The van der Waals surface area contributed by atoms with Gasteiger partial charge in [0.2, 0.25) is 29.5 Å². The highest BCUT2D eigenvalue weighted by Crippen LogP contribution is 2.36. The number of likely N-dealkylation sites (tertiary alicyclic amines) is 1. The molecule has 1 aliphatic carbocycles. The average Bonchev–Trinajstić information content (AvgIpc) is 4.03. The smallest absolute Gasteiger partial charge is 0.248 e. The molecule has 15 heteroatoms. The Bertz CT molecular complexity index is 2680. The normalized spacial score (nSPS) is 16.1. The Morgan fingerprint density at radius 1 is 0.679 bits per heavy atom. The second-order valence-electron chi connectivity index (χ2n) is 20.1. The van der Waals surface area contributed by atoms with Crippen molar-refractivity contribution in [2.75, 3.05) is 66.8 Å². The number of nitrogens with one attached hydrogen (secondary N) is 4. The zero-order chi connectivity index (χ0) is 55.2. The lowest BCUT2D eigenvalue weighted by molar-refractivity contribution is -0.143. The Hall–Kier alpha value is -7.33. The van der Waals surface area contributed by atoms with Gasteiger partial charge in [-0.15, -0.1) is 0 Å². The second-order valence-corrected chi connectivity index (χ2v) is 20.1. The lowest BCUT2D eigenvalue weighted by Crippen LogP contribution is -2.59. The van der Waals surface area contributed by atoms with Gasteiger partial charge in [0, 0.05) is 26.1 Å². The highest BCUT2D eigenvalue weighted by molar-refractivity contribution is 5.99. The maximum Gasteiger partial charge on any atom is 0.248 e. The van der Waals surface area contributed by atoms with Crippen LogP contribution < -0.4 is 26.0 Å². The molecule has 5 aromatic carbocycles. The average molecular weight is 1060 g/mol. The number of amides is 5. The van der Waals surface area contributed by atoms with E-state index < -0.39 is 41.9 Å². The van der Waals surface area contributed by atoms with Crippen molar-refractivity contribution in [3.05, 3.63) is 167 Å². The fourth-order valence-corrected chi connectivity index (χ4v) is 10.5. The number of aromatic hydroxyl groups is 1. The van der Waals surface area contributed by atoms with E-state index in [1.807, 2.05) is 115 Å². The summed E-state index contributed by atoms with van der Waals surface area (Å²) in [5.74, 6) is -1.31. The maximum atomic E-state index is 14.6. The van der Waals surface area contributed by atoms with Gasteiger partial charge in [-0.05, 0) is 115 Å². The van der Waals surface area contributed by atoms with Gasteiger partial charge in [0.15, 0.2) is 0 Å². The number of hydrogen-bond acceptors (Lipinski definition) is 10. The minimum atomic E-state index is -1.06. The van der Waals surface area contributed by atoms with Gasteiger partial charge < -0.3 is 50.4 Å². The molecule has 2 fully saturated rings. The molecule has 1 saturated carbocycles. The molecule has 4 unspecified atom stereocenters. The lowest BCUT2D eigenvalue weighted by atomic mass is 9.83. The quantitative estimate of drug-likeness (QED) is 0.0257. The topological polar surface area (TPSA) is 188 Å². The Morgan fingerprint density at radius 2 is 1.28 bits per heavy atom. The van der Waals surface area contributed by atoms with Crippen LogP contribution in [0.25, 0.3) is 11.1 Å². The van der Waals surface area contributed by atoms with E-state index in [1.165, 1.54) is 5.57 Å². The largest absolute Gasteiger partial charge is 0.508 e. The van der Waals surface area contributed by atoms with E-state index in [0.717, 1.165) is 71.9 Å². The van der Waals surface area contributed by atoms with Crippen molar-refractivity contribution in [2.45, 2.75) is 95.3 Å².